The summed E-state index contributed by atoms with van der Waals surface area (Å²) in [6, 6.07) is 7.65. The van der Waals surface area contributed by atoms with Gasteiger partial charge in [-0.1, -0.05) is 12.1 Å². The summed E-state index contributed by atoms with van der Waals surface area (Å²) < 4.78 is 11.6. The summed E-state index contributed by atoms with van der Waals surface area (Å²) in [7, 11) is 0. The highest BCUT2D eigenvalue weighted by Gasteiger charge is 2.24. The van der Waals surface area contributed by atoms with Gasteiger partial charge >= 0.3 is 0 Å². The fourth-order valence-corrected chi connectivity index (χ4v) is 2.32. The van der Waals surface area contributed by atoms with Crippen molar-refractivity contribution in [3.05, 3.63) is 24.3 Å². The number of rotatable bonds is 6. The van der Waals surface area contributed by atoms with Gasteiger partial charge in [0.2, 0.25) is 5.91 Å². The maximum atomic E-state index is 12.2. The Morgan fingerprint density at radius 3 is 2.81 bits per heavy atom. The quantitative estimate of drug-likeness (QED) is 0.868. The molecule has 5 nitrogen and oxygen atoms in total. The first-order chi connectivity index (χ1) is 10.1. The third kappa shape index (κ3) is 4.36. The van der Waals surface area contributed by atoms with E-state index in [9.17, 15) is 4.79 Å². The molecule has 1 aliphatic rings. The molecule has 0 aliphatic carbocycles. The topological polar surface area (TPSA) is 64.8 Å². The summed E-state index contributed by atoms with van der Waals surface area (Å²) in [5, 5.41) is 0. The molecule has 1 aromatic rings. The molecule has 1 aromatic carbocycles. The van der Waals surface area contributed by atoms with E-state index in [0.717, 1.165) is 11.5 Å². The van der Waals surface area contributed by atoms with Crippen molar-refractivity contribution in [1.29, 1.82) is 0 Å². The highest BCUT2D eigenvalue weighted by atomic mass is 16.6. The van der Waals surface area contributed by atoms with E-state index in [1.54, 1.807) is 0 Å². The van der Waals surface area contributed by atoms with E-state index in [0.29, 0.717) is 32.5 Å². The third-order valence-corrected chi connectivity index (χ3v) is 3.54. The largest absolute Gasteiger partial charge is 0.486 e. The standard InChI is InChI=1S/C16H24N2O3/c1-3-18(16(19)9-8-12(2)17)10-13-11-20-14-6-4-5-7-15(14)21-13/h4-7,12-13H,3,8-11,17H2,1-2H3. The predicted molar refractivity (Wildman–Crippen MR) is 81.5 cm³/mol. The number of nitrogens with two attached hydrogens (primary N) is 1. The number of para-hydroxylation sites is 2. The van der Waals surface area contributed by atoms with Crippen molar-refractivity contribution >= 4 is 5.91 Å². The van der Waals surface area contributed by atoms with Gasteiger partial charge in [0.15, 0.2) is 17.6 Å². The zero-order valence-electron chi connectivity index (χ0n) is 12.7. The van der Waals surface area contributed by atoms with Crippen LogP contribution in [0.4, 0.5) is 0 Å². The summed E-state index contributed by atoms with van der Waals surface area (Å²) in [5.41, 5.74) is 5.70. The summed E-state index contributed by atoms with van der Waals surface area (Å²) in [6.45, 7) is 5.57. The van der Waals surface area contributed by atoms with Crippen molar-refractivity contribution in [1.82, 2.24) is 4.90 Å². The first-order valence-electron chi connectivity index (χ1n) is 7.52. The van der Waals surface area contributed by atoms with Crippen LogP contribution in [0.25, 0.3) is 0 Å². The van der Waals surface area contributed by atoms with Gasteiger partial charge in [0.25, 0.3) is 0 Å². The second kappa shape index (κ2) is 7.31. The van der Waals surface area contributed by atoms with E-state index in [4.69, 9.17) is 15.2 Å². The minimum Gasteiger partial charge on any atom is -0.486 e. The number of fused-ring (bicyclic) bond motifs is 1. The van der Waals surface area contributed by atoms with Crippen LogP contribution in [0.15, 0.2) is 24.3 Å². The Balaban J connectivity index is 1.89. The molecule has 0 saturated carbocycles. The number of nitrogens with zero attached hydrogens (tertiary/aromatic N) is 1. The average molecular weight is 292 g/mol. The minimum absolute atomic E-state index is 0.0498. The highest BCUT2D eigenvalue weighted by molar-refractivity contribution is 5.76. The van der Waals surface area contributed by atoms with Crippen molar-refractivity contribution in [3.8, 4) is 11.5 Å². The molecule has 0 aromatic heterocycles. The van der Waals surface area contributed by atoms with E-state index in [1.807, 2.05) is 43.0 Å². The smallest absolute Gasteiger partial charge is 0.222 e. The number of likely N-dealkylation sites (N-methyl/N-ethyl adjacent to an activating group) is 1. The molecule has 2 N–H and O–H groups in total. The number of ether oxygens (including phenoxy) is 2. The molecule has 0 fully saturated rings. The lowest BCUT2D eigenvalue weighted by atomic mass is 10.1. The first kappa shape index (κ1) is 15.6. The summed E-state index contributed by atoms with van der Waals surface area (Å²) >= 11 is 0. The Bertz CT molecular complexity index is 476. The lowest BCUT2D eigenvalue weighted by Crippen LogP contribution is -2.43. The second-order valence-corrected chi connectivity index (χ2v) is 5.45. The van der Waals surface area contributed by atoms with Gasteiger partial charge in [0, 0.05) is 19.0 Å². The maximum Gasteiger partial charge on any atom is 0.222 e. The third-order valence-electron chi connectivity index (χ3n) is 3.54. The van der Waals surface area contributed by atoms with Crippen LogP contribution >= 0.6 is 0 Å². The molecule has 1 aliphatic heterocycles. The van der Waals surface area contributed by atoms with Gasteiger partial charge in [-0.2, -0.15) is 0 Å². The number of carbonyl (C=O) groups is 1. The van der Waals surface area contributed by atoms with Crippen LogP contribution in [0.3, 0.4) is 0 Å². The van der Waals surface area contributed by atoms with Crippen molar-refractivity contribution in [2.45, 2.75) is 38.8 Å². The molecular formula is C16H24N2O3. The van der Waals surface area contributed by atoms with E-state index in [2.05, 4.69) is 0 Å². The van der Waals surface area contributed by atoms with Crippen LogP contribution < -0.4 is 15.2 Å². The lowest BCUT2D eigenvalue weighted by Gasteiger charge is -2.31. The molecule has 0 radical (unpaired) electrons. The van der Waals surface area contributed by atoms with Gasteiger partial charge in [-0.25, -0.2) is 0 Å². The Morgan fingerprint density at radius 1 is 1.43 bits per heavy atom. The van der Waals surface area contributed by atoms with Gasteiger partial charge in [-0.05, 0) is 32.4 Å². The number of hydrogen-bond donors (Lipinski definition) is 1. The molecule has 0 spiro atoms. The Hall–Kier alpha value is -1.75. The molecule has 2 atom stereocenters. The first-order valence-corrected chi connectivity index (χ1v) is 7.52. The molecule has 1 heterocycles. The summed E-state index contributed by atoms with van der Waals surface area (Å²) in [6.07, 6.45) is 1.06. The average Bonchev–Trinajstić information content (AvgIpc) is 2.50. The van der Waals surface area contributed by atoms with E-state index < -0.39 is 0 Å². The Morgan fingerprint density at radius 2 is 2.14 bits per heavy atom. The summed E-state index contributed by atoms with van der Waals surface area (Å²) in [4.78, 5) is 14.0. The van der Waals surface area contributed by atoms with Gasteiger partial charge in [0.05, 0.1) is 6.54 Å². The number of amides is 1. The van der Waals surface area contributed by atoms with Crippen LogP contribution in [0.2, 0.25) is 0 Å². The zero-order chi connectivity index (χ0) is 15.2. The molecule has 2 unspecified atom stereocenters. The number of hydrogen-bond acceptors (Lipinski definition) is 4. The van der Waals surface area contributed by atoms with Crippen LogP contribution in [0.5, 0.6) is 11.5 Å². The lowest BCUT2D eigenvalue weighted by molar-refractivity contribution is -0.132. The fraction of sp³-hybridized carbons (Fsp3) is 0.562. The van der Waals surface area contributed by atoms with Gasteiger partial charge < -0.3 is 20.1 Å². The minimum atomic E-state index is -0.126. The highest BCUT2D eigenvalue weighted by Crippen LogP contribution is 2.31. The van der Waals surface area contributed by atoms with E-state index >= 15 is 0 Å². The maximum absolute atomic E-state index is 12.2. The predicted octanol–water partition coefficient (Wildman–Crippen LogP) is 1.80. The van der Waals surface area contributed by atoms with Gasteiger partial charge in [-0.15, -0.1) is 0 Å². The molecule has 0 saturated heterocycles. The van der Waals surface area contributed by atoms with E-state index in [1.165, 1.54) is 0 Å². The van der Waals surface area contributed by atoms with Crippen LogP contribution in [-0.2, 0) is 4.79 Å². The monoisotopic (exact) mass is 292 g/mol. The fourth-order valence-electron chi connectivity index (χ4n) is 2.32. The molecule has 2 rings (SSSR count). The Labute approximate surface area is 126 Å². The molecule has 116 valence electrons. The van der Waals surface area contributed by atoms with E-state index in [-0.39, 0.29) is 18.1 Å². The molecule has 0 bridgehead atoms. The number of carbonyl (C=O) groups excluding carboxylic acids is 1. The van der Waals surface area contributed by atoms with Gasteiger partial charge in [0.1, 0.15) is 6.61 Å². The normalized spacial score (nSPS) is 18.1. The molecular weight excluding hydrogens is 268 g/mol. The van der Waals surface area contributed by atoms with Crippen molar-refractivity contribution < 1.29 is 14.3 Å². The summed E-state index contributed by atoms with van der Waals surface area (Å²) in [5.74, 6) is 1.63. The van der Waals surface area contributed by atoms with Crippen molar-refractivity contribution in [2.75, 3.05) is 19.7 Å². The van der Waals surface area contributed by atoms with Crippen molar-refractivity contribution in [3.63, 3.8) is 0 Å². The van der Waals surface area contributed by atoms with Gasteiger partial charge in [-0.3, -0.25) is 4.79 Å². The Kier molecular flexibility index (Phi) is 5.44. The van der Waals surface area contributed by atoms with Crippen LogP contribution in [0, 0.1) is 0 Å². The van der Waals surface area contributed by atoms with Crippen molar-refractivity contribution in [2.24, 2.45) is 5.73 Å². The van der Waals surface area contributed by atoms with Crippen LogP contribution in [-0.4, -0.2) is 42.6 Å². The SMILES string of the molecule is CCN(CC1COc2ccccc2O1)C(=O)CCC(C)N. The zero-order valence-corrected chi connectivity index (χ0v) is 12.7. The van der Waals surface area contributed by atoms with Crippen LogP contribution in [0.1, 0.15) is 26.7 Å². The second-order valence-electron chi connectivity index (χ2n) is 5.45. The molecule has 21 heavy (non-hydrogen) atoms. The number of benzene rings is 1. The molecule has 5 heteroatoms. The molecule has 1 amide bonds.